The predicted octanol–water partition coefficient (Wildman–Crippen LogP) is 2.90. The van der Waals surface area contributed by atoms with Gasteiger partial charge in [-0.25, -0.2) is 0 Å². The maximum atomic E-state index is 5.77. The summed E-state index contributed by atoms with van der Waals surface area (Å²) in [6, 6.07) is 0.578. The molecule has 0 amide bonds. The van der Waals surface area contributed by atoms with Crippen LogP contribution in [0.15, 0.2) is 0 Å². The first-order valence-electron chi connectivity index (χ1n) is 8.57. The highest BCUT2D eigenvalue weighted by atomic mass is 16.5. The van der Waals surface area contributed by atoms with Crippen LogP contribution in [0.1, 0.15) is 53.4 Å². The van der Waals surface area contributed by atoms with Gasteiger partial charge in [-0.15, -0.1) is 0 Å². The van der Waals surface area contributed by atoms with Gasteiger partial charge in [-0.3, -0.25) is 4.90 Å². The van der Waals surface area contributed by atoms with Crippen LogP contribution < -0.4 is 5.32 Å². The van der Waals surface area contributed by atoms with Crippen molar-refractivity contribution in [3.05, 3.63) is 0 Å². The minimum absolute atomic E-state index is 0.397. The zero-order chi connectivity index (χ0) is 14.6. The average molecular weight is 282 g/mol. The molecule has 118 valence electrons. The lowest BCUT2D eigenvalue weighted by atomic mass is 9.84. The summed E-state index contributed by atoms with van der Waals surface area (Å²) in [6.07, 6.45) is 6.02. The molecule has 0 aromatic heterocycles. The van der Waals surface area contributed by atoms with Crippen LogP contribution >= 0.6 is 0 Å². The summed E-state index contributed by atoms with van der Waals surface area (Å²) < 4.78 is 5.77. The smallest absolute Gasteiger partial charge is 0.0674 e. The molecule has 2 fully saturated rings. The Hall–Kier alpha value is -0.120. The average Bonchev–Trinajstić information content (AvgIpc) is 2.82. The Balaban J connectivity index is 1.90. The summed E-state index contributed by atoms with van der Waals surface area (Å²) in [5.74, 6) is 0.746. The van der Waals surface area contributed by atoms with Crippen molar-refractivity contribution in [2.24, 2.45) is 11.3 Å². The van der Waals surface area contributed by atoms with E-state index in [2.05, 4.69) is 37.9 Å². The molecule has 0 spiro atoms. The summed E-state index contributed by atoms with van der Waals surface area (Å²) in [5, 5.41) is 3.73. The fourth-order valence-corrected chi connectivity index (χ4v) is 3.76. The number of nitrogens with zero attached hydrogens (tertiary/aromatic N) is 1. The molecule has 3 heteroatoms. The van der Waals surface area contributed by atoms with Gasteiger partial charge in [0, 0.05) is 25.7 Å². The van der Waals surface area contributed by atoms with Crippen LogP contribution in [0.25, 0.3) is 0 Å². The summed E-state index contributed by atoms with van der Waals surface area (Å²) >= 11 is 0. The molecule has 2 rings (SSSR count). The Morgan fingerprint density at radius 2 is 1.95 bits per heavy atom. The molecule has 1 saturated heterocycles. The third kappa shape index (κ3) is 4.44. The third-order valence-corrected chi connectivity index (χ3v) is 4.99. The van der Waals surface area contributed by atoms with Crippen LogP contribution in [-0.2, 0) is 4.74 Å². The molecule has 1 saturated carbocycles. The van der Waals surface area contributed by atoms with Crippen molar-refractivity contribution in [1.29, 1.82) is 0 Å². The fourth-order valence-electron chi connectivity index (χ4n) is 3.76. The molecule has 1 N–H and O–H groups in total. The Kier molecular flexibility index (Phi) is 5.88. The van der Waals surface area contributed by atoms with Crippen molar-refractivity contribution in [2.75, 3.05) is 32.8 Å². The fraction of sp³-hybridized carbons (Fsp3) is 1.00. The number of morpholine rings is 1. The lowest BCUT2D eigenvalue weighted by Gasteiger charge is -2.42. The van der Waals surface area contributed by atoms with E-state index >= 15 is 0 Å². The first-order chi connectivity index (χ1) is 9.51. The summed E-state index contributed by atoms with van der Waals surface area (Å²) in [6.45, 7) is 14.7. The van der Waals surface area contributed by atoms with Crippen LogP contribution in [0.2, 0.25) is 0 Å². The molecule has 20 heavy (non-hydrogen) atoms. The Labute approximate surface area is 125 Å². The van der Waals surface area contributed by atoms with Crippen molar-refractivity contribution >= 4 is 0 Å². The molecule has 1 heterocycles. The van der Waals surface area contributed by atoms with E-state index in [1.54, 1.807) is 0 Å². The molecular formula is C17H34N2O. The molecule has 3 nitrogen and oxygen atoms in total. The standard InChI is InChI=1S/C17H34N2O/c1-14(2)9-18-12-17(7-5-6-8-17)13-19-10-16(4)20-11-15(19)3/h14-16,18H,5-13H2,1-4H3. The van der Waals surface area contributed by atoms with Crippen LogP contribution in [0.5, 0.6) is 0 Å². The lowest BCUT2D eigenvalue weighted by Crippen LogP contribution is -2.53. The number of ether oxygens (including phenoxy) is 1. The largest absolute Gasteiger partial charge is 0.376 e. The zero-order valence-corrected chi connectivity index (χ0v) is 14.0. The van der Waals surface area contributed by atoms with Crippen molar-refractivity contribution in [1.82, 2.24) is 10.2 Å². The van der Waals surface area contributed by atoms with E-state index in [0.717, 1.165) is 25.6 Å². The van der Waals surface area contributed by atoms with Gasteiger partial charge < -0.3 is 10.1 Å². The van der Waals surface area contributed by atoms with Crippen molar-refractivity contribution in [2.45, 2.75) is 65.5 Å². The van der Waals surface area contributed by atoms with Crippen molar-refractivity contribution in [3.63, 3.8) is 0 Å². The van der Waals surface area contributed by atoms with Gasteiger partial charge in [-0.2, -0.15) is 0 Å². The lowest BCUT2D eigenvalue weighted by molar-refractivity contribution is -0.0626. The van der Waals surface area contributed by atoms with E-state index in [1.165, 1.54) is 38.8 Å². The van der Waals surface area contributed by atoms with Gasteiger partial charge in [0.2, 0.25) is 0 Å². The van der Waals surface area contributed by atoms with Gasteiger partial charge in [-0.05, 0) is 44.6 Å². The number of nitrogens with one attached hydrogen (secondary N) is 1. The molecule has 0 radical (unpaired) electrons. The monoisotopic (exact) mass is 282 g/mol. The van der Waals surface area contributed by atoms with E-state index in [1.807, 2.05) is 0 Å². The Morgan fingerprint density at radius 1 is 1.25 bits per heavy atom. The molecule has 0 bridgehead atoms. The molecule has 1 aliphatic heterocycles. The minimum Gasteiger partial charge on any atom is -0.376 e. The topological polar surface area (TPSA) is 24.5 Å². The highest BCUT2D eigenvalue weighted by Gasteiger charge is 2.37. The van der Waals surface area contributed by atoms with E-state index < -0.39 is 0 Å². The van der Waals surface area contributed by atoms with Gasteiger partial charge in [0.25, 0.3) is 0 Å². The first kappa shape index (κ1) is 16.3. The van der Waals surface area contributed by atoms with Gasteiger partial charge in [0.05, 0.1) is 12.7 Å². The van der Waals surface area contributed by atoms with E-state index in [0.29, 0.717) is 17.6 Å². The SMILES string of the molecule is CC(C)CNCC1(CN2CC(C)OCC2C)CCCC1. The molecule has 2 atom stereocenters. The predicted molar refractivity (Wildman–Crippen MR) is 85.1 cm³/mol. The van der Waals surface area contributed by atoms with Crippen LogP contribution in [0, 0.1) is 11.3 Å². The maximum absolute atomic E-state index is 5.77. The molecular weight excluding hydrogens is 248 g/mol. The van der Waals surface area contributed by atoms with Crippen LogP contribution in [0.3, 0.4) is 0 Å². The summed E-state index contributed by atoms with van der Waals surface area (Å²) in [7, 11) is 0. The second-order valence-electron chi connectivity index (χ2n) is 7.65. The molecule has 2 unspecified atom stereocenters. The van der Waals surface area contributed by atoms with Crippen LogP contribution in [-0.4, -0.2) is 49.8 Å². The minimum atomic E-state index is 0.397. The van der Waals surface area contributed by atoms with Gasteiger partial charge in [-0.1, -0.05) is 26.7 Å². The second kappa shape index (κ2) is 7.24. The summed E-state index contributed by atoms with van der Waals surface area (Å²) in [5.41, 5.74) is 0.514. The third-order valence-electron chi connectivity index (χ3n) is 4.99. The number of hydrogen-bond donors (Lipinski definition) is 1. The maximum Gasteiger partial charge on any atom is 0.0674 e. The van der Waals surface area contributed by atoms with Crippen LogP contribution in [0.4, 0.5) is 0 Å². The van der Waals surface area contributed by atoms with E-state index in [4.69, 9.17) is 4.74 Å². The number of rotatable bonds is 6. The van der Waals surface area contributed by atoms with Gasteiger partial charge in [0.1, 0.15) is 0 Å². The van der Waals surface area contributed by atoms with E-state index in [-0.39, 0.29) is 0 Å². The van der Waals surface area contributed by atoms with Gasteiger partial charge >= 0.3 is 0 Å². The highest BCUT2D eigenvalue weighted by molar-refractivity contribution is 4.91. The van der Waals surface area contributed by atoms with Gasteiger partial charge in [0.15, 0.2) is 0 Å². The highest BCUT2D eigenvalue weighted by Crippen LogP contribution is 2.39. The molecule has 0 aromatic carbocycles. The zero-order valence-electron chi connectivity index (χ0n) is 14.0. The summed E-state index contributed by atoms with van der Waals surface area (Å²) in [4.78, 5) is 2.68. The first-order valence-corrected chi connectivity index (χ1v) is 8.57. The molecule has 2 aliphatic rings. The Bertz CT molecular complexity index is 287. The normalized spacial score (nSPS) is 31.1. The molecule has 0 aromatic rings. The van der Waals surface area contributed by atoms with E-state index in [9.17, 15) is 0 Å². The second-order valence-corrected chi connectivity index (χ2v) is 7.65. The quantitative estimate of drug-likeness (QED) is 0.811. The molecule has 1 aliphatic carbocycles. The van der Waals surface area contributed by atoms with Crippen molar-refractivity contribution < 1.29 is 4.74 Å². The van der Waals surface area contributed by atoms with Crippen molar-refractivity contribution in [3.8, 4) is 0 Å². The number of hydrogen-bond acceptors (Lipinski definition) is 3. The Morgan fingerprint density at radius 3 is 2.60 bits per heavy atom.